The van der Waals surface area contributed by atoms with E-state index in [4.69, 9.17) is 16.3 Å². The van der Waals surface area contributed by atoms with Crippen molar-refractivity contribution in [2.45, 2.75) is 13.8 Å². The van der Waals surface area contributed by atoms with Gasteiger partial charge in [0.2, 0.25) is 0 Å². The molecule has 0 saturated carbocycles. The van der Waals surface area contributed by atoms with Crippen molar-refractivity contribution in [3.63, 3.8) is 0 Å². The zero-order valence-electron chi connectivity index (χ0n) is 15.4. The minimum atomic E-state index is -0.475. The van der Waals surface area contributed by atoms with Gasteiger partial charge in [0.1, 0.15) is 10.6 Å². The van der Waals surface area contributed by atoms with Crippen LogP contribution in [0.25, 0.3) is 11.1 Å². The molecular formula is C21H19ClN2O3S. The molecular weight excluding hydrogens is 396 g/mol. The standard InChI is InChI=1S/C21H19ClN2O3S/c1-3-27-20(25)18-17(14-9-7-13(2)8-10-14)12-28-19(18)24-21(26)23-16-6-4-5-15(22)11-16/h4-12H,3H2,1-2H3,(H2,23,24,26). The SMILES string of the molecule is CCOC(=O)c1c(-c2ccc(C)cc2)csc1NC(=O)Nc1cccc(Cl)c1. The summed E-state index contributed by atoms with van der Waals surface area (Å²) in [5, 5.41) is 8.23. The topological polar surface area (TPSA) is 67.4 Å². The average Bonchev–Trinajstić information content (AvgIpc) is 3.06. The van der Waals surface area contributed by atoms with Crippen molar-refractivity contribution < 1.29 is 14.3 Å². The summed E-state index contributed by atoms with van der Waals surface area (Å²) in [7, 11) is 0. The number of hydrogen-bond acceptors (Lipinski definition) is 4. The number of thiophene rings is 1. The van der Waals surface area contributed by atoms with Crippen LogP contribution in [-0.4, -0.2) is 18.6 Å². The van der Waals surface area contributed by atoms with E-state index in [9.17, 15) is 9.59 Å². The van der Waals surface area contributed by atoms with Crippen LogP contribution in [0, 0.1) is 6.92 Å². The quantitative estimate of drug-likeness (QED) is 0.488. The van der Waals surface area contributed by atoms with Crippen LogP contribution in [0.15, 0.2) is 53.9 Å². The Morgan fingerprint density at radius 2 is 1.86 bits per heavy atom. The third-order valence-corrected chi connectivity index (χ3v) is 5.07. The highest BCUT2D eigenvalue weighted by molar-refractivity contribution is 7.15. The van der Waals surface area contributed by atoms with Gasteiger partial charge in [-0.3, -0.25) is 5.32 Å². The second-order valence-corrected chi connectivity index (χ2v) is 7.35. The van der Waals surface area contributed by atoms with Gasteiger partial charge in [-0.05, 0) is 37.6 Å². The molecule has 0 unspecified atom stereocenters. The number of carbonyl (C=O) groups excluding carboxylic acids is 2. The van der Waals surface area contributed by atoms with E-state index in [0.717, 1.165) is 16.7 Å². The summed E-state index contributed by atoms with van der Waals surface area (Å²) in [4.78, 5) is 25.0. The molecule has 0 bridgehead atoms. The molecule has 28 heavy (non-hydrogen) atoms. The fourth-order valence-corrected chi connectivity index (χ4v) is 3.78. The minimum Gasteiger partial charge on any atom is -0.462 e. The summed E-state index contributed by atoms with van der Waals surface area (Å²) in [5.74, 6) is -0.475. The van der Waals surface area contributed by atoms with Crippen LogP contribution < -0.4 is 10.6 Å². The maximum Gasteiger partial charge on any atom is 0.341 e. The van der Waals surface area contributed by atoms with Gasteiger partial charge in [-0.15, -0.1) is 11.3 Å². The van der Waals surface area contributed by atoms with Gasteiger partial charge in [-0.1, -0.05) is 47.5 Å². The summed E-state index contributed by atoms with van der Waals surface area (Å²) in [6.07, 6.45) is 0. The van der Waals surface area contributed by atoms with Gasteiger partial charge in [-0.2, -0.15) is 0 Å². The molecule has 0 radical (unpaired) electrons. The first-order valence-corrected chi connectivity index (χ1v) is 9.93. The van der Waals surface area contributed by atoms with Gasteiger partial charge in [0, 0.05) is 21.7 Å². The molecule has 0 saturated heterocycles. The summed E-state index contributed by atoms with van der Waals surface area (Å²) < 4.78 is 5.21. The molecule has 0 spiro atoms. The molecule has 7 heteroatoms. The first-order chi connectivity index (χ1) is 13.5. The fraction of sp³-hybridized carbons (Fsp3) is 0.143. The molecule has 0 aliphatic rings. The largest absolute Gasteiger partial charge is 0.462 e. The molecule has 1 heterocycles. The van der Waals surface area contributed by atoms with E-state index < -0.39 is 12.0 Å². The Kier molecular flexibility index (Phi) is 6.34. The lowest BCUT2D eigenvalue weighted by Crippen LogP contribution is -2.20. The van der Waals surface area contributed by atoms with E-state index >= 15 is 0 Å². The summed E-state index contributed by atoms with van der Waals surface area (Å²) in [6, 6.07) is 14.2. The fourth-order valence-electron chi connectivity index (χ4n) is 2.63. The van der Waals surface area contributed by atoms with Gasteiger partial charge in [-0.25, -0.2) is 9.59 Å². The van der Waals surface area contributed by atoms with Crippen LogP contribution in [0.4, 0.5) is 15.5 Å². The molecule has 3 aromatic rings. The number of nitrogens with one attached hydrogen (secondary N) is 2. The lowest BCUT2D eigenvalue weighted by Gasteiger charge is -2.10. The second-order valence-electron chi connectivity index (χ2n) is 6.03. The second kappa shape index (κ2) is 8.91. The third-order valence-electron chi connectivity index (χ3n) is 3.94. The summed E-state index contributed by atoms with van der Waals surface area (Å²) in [6.45, 7) is 3.99. The molecule has 3 rings (SSSR count). The maximum absolute atomic E-state index is 12.6. The van der Waals surface area contributed by atoms with Crippen molar-refractivity contribution in [3.05, 3.63) is 70.1 Å². The molecule has 0 aliphatic carbocycles. The van der Waals surface area contributed by atoms with Gasteiger partial charge in [0.25, 0.3) is 0 Å². The van der Waals surface area contributed by atoms with E-state index in [1.165, 1.54) is 11.3 Å². The molecule has 2 aromatic carbocycles. The van der Waals surface area contributed by atoms with Crippen molar-refractivity contribution in [1.29, 1.82) is 0 Å². The lowest BCUT2D eigenvalue weighted by atomic mass is 10.0. The summed E-state index contributed by atoms with van der Waals surface area (Å²) >= 11 is 7.21. The first kappa shape index (κ1) is 19.9. The smallest absolute Gasteiger partial charge is 0.341 e. The number of ether oxygens (including phenoxy) is 1. The number of benzene rings is 2. The van der Waals surface area contributed by atoms with E-state index in [1.54, 1.807) is 31.2 Å². The van der Waals surface area contributed by atoms with Crippen LogP contribution in [-0.2, 0) is 4.74 Å². The molecule has 2 N–H and O–H groups in total. The van der Waals surface area contributed by atoms with Crippen molar-refractivity contribution in [1.82, 2.24) is 0 Å². The third kappa shape index (κ3) is 4.71. The molecule has 2 amide bonds. The number of amides is 2. The highest BCUT2D eigenvalue weighted by atomic mass is 35.5. The molecule has 0 atom stereocenters. The number of esters is 1. The number of aryl methyl sites for hydroxylation is 1. The van der Waals surface area contributed by atoms with Crippen LogP contribution >= 0.6 is 22.9 Å². The van der Waals surface area contributed by atoms with Crippen molar-refractivity contribution in [3.8, 4) is 11.1 Å². The highest BCUT2D eigenvalue weighted by Gasteiger charge is 2.22. The molecule has 1 aromatic heterocycles. The van der Waals surface area contributed by atoms with Crippen LogP contribution in [0.5, 0.6) is 0 Å². The highest BCUT2D eigenvalue weighted by Crippen LogP contribution is 2.36. The zero-order chi connectivity index (χ0) is 20.1. The average molecular weight is 415 g/mol. The van der Waals surface area contributed by atoms with Crippen LogP contribution in [0.1, 0.15) is 22.8 Å². The van der Waals surface area contributed by atoms with Crippen molar-refractivity contribution in [2.24, 2.45) is 0 Å². The minimum absolute atomic E-state index is 0.246. The first-order valence-electron chi connectivity index (χ1n) is 8.67. The molecule has 0 aliphatic heterocycles. The number of anilines is 2. The number of halogens is 1. The van der Waals surface area contributed by atoms with E-state index in [2.05, 4.69) is 10.6 Å². The van der Waals surface area contributed by atoms with E-state index in [1.807, 2.05) is 36.6 Å². The number of urea groups is 1. The van der Waals surface area contributed by atoms with Crippen molar-refractivity contribution in [2.75, 3.05) is 17.2 Å². The maximum atomic E-state index is 12.6. The van der Waals surface area contributed by atoms with Crippen LogP contribution in [0.2, 0.25) is 5.02 Å². The Hall–Kier alpha value is -2.83. The van der Waals surface area contributed by atoms with Crippen molar-refractivity contribution >= 4 is 45.6 Å². The Bertz CT molecular complexity index is 999. The number of hydrogen-bond donors (Lipinski definition) is 2. The molecule has 0 fully saturated rings. The molecule has 144 valence electrons. The van der Waals surface area contributed by atoms with Gasteiger partial charge < -0.3 is 10.1 Å². The van der Waals surface area contributed by atoms with Crippen LogP contribution in [0.3, 0.4) is 0 Å². The predicted molar refractivity (Wildman–Crippen MR) is 115 cm³/mol. The van der Waals surface area contributed by atoms with E-state index in [-0.39, 0.29) is 6.61 Å². The zero-order valence-corrected chi connectivity index (χ0v) is 17.0. The normalized spacial score (nSPS) is 10.4. The van der Waals surface area contributed by atoms with Gasteiger partial charge >= 0.3 is 12.0 Å². The molecule has 5 nitrogen and oxygen atoms in total. The monoisotopic (exact) mass is 414 g/mol. The lowest BCUT2D eigenvalue weighted by molar-refractivity contribution is 0.0529. The van der Waals surface area contributed by atoms with E-state index in [0.29, 0.717) is 21.3 Å². The summed E-state index contributed by atoms with van der Waals surface area (Å²) in [5.41, 5.74) is 3.63. The Balaban J connectivity index is 1.88. The predicted octanol–water partition coefficient (Wildman–Crippen LogP) is 6.20. The van der Waals surface area contributed by atoms with Gasteiger partial charge in [0.05, 0.1) is 6.61 Å². The number of carbonyl (C=O) groups is 2. The Labute approximate surface area is 172 Å². The Morgan fingerprint density at radius 1 is 1.11 bits per heavy atom. The Morgan fingerprint density at radius 3 is 2.54 bits per heavy atom. The van der Waals surface area contributed by atoms with Gasteiger partial charge in [0.15, 0.2) is 0 Å². The number of rotatable bonds is 5.